The maximum Gasteiger partial charge on any atom is 0.126 e. The molecule has 132 valence electrons. The minimum atomic E-state index is -1.16. The normalized spacial score (nSPS) is 24.5. The van der Waals surface area contributed by atoms with Crippen LogP contribution in [0.3, 0.4) is 0 Å². The van der Waals surface area contributed by atoms with E-state index in [1.165, 1.54) is 0 Å². The lowest BCUT2D eigenvalue weighted by atomic mass is 9.82. The monoisotopic (exact) mass is 339 g/mol. The summed E-state index contributed by atoms with van der Waals surface area (Å²) in [6.07, 6.45) is 3.81. The molecule has 2 N–H and O–H groups in total. The van der Waals surface area contributed by atoms with Crippen molar-refractivity contribution in [3.05, 3.63) is 71.8 Å². The van der Waals surface area contributed by atoms with Gasteiger partial charge in [-0.15, -0.1) is 0 Å². The highest BCUT2D eigenvalue weighted by Gasteiger charge is 2.41. The summed E-state index contributed by atoms with van der Waals surface area (Å²) in [4.78, 5) is 2.15. The maximum absolute atomic E-state index is 10.9. The lowest BCUT2D eigenvalue weighted by Gasteiger charge is -2.42. The molecule has 1 saturated heterocycles. The molecular weight excluding hydrogens is 314 g/mol. The third-order valence-corrected chi connectivity index (χ3v) is 4.87. The number of aliphatic hydroxyl groups excluding tert-OH is 1. The SMILES string of the molecule is COc1ccccc1/C=C/CN1CC[C@](O)(c2ccccc2)[C@@H](O)C1. The molecule has 2 aromatic carbocycles. The standard InChI is InChI=1S/C21H25NO3/c1-25-19-12-6-5-8-17(19)9-7-14-22-15-13-21(24,20(23)16-22)18-10-3-2-4-11-18/h2-12,20,23-24H,13-16H2,1H3/b9-7+/t20-,21-/m0/s1. The zero-order valence-corrected chi connectivity index (χ0v) is 14.5. The molecule has 0 aliphatic carbocycles. The second-order valence-corrected chi connectivity index (χ2v) is 6.46. The summed E-state index contributed by atoms with van der Waals surface area (Å²) in [5.41, 5.74) is 0.652. The highest BCUT2D eigenvalue weighted by molar-refractivity contribution is 5.57. The molecular formula is C21H25NO3. The van der Waals surface area contributed by atoms with Gasteiger partial charge in [0.2, 0.25) is 0 Å². The molecule has 4 nitrogen and oxygen atoms in total. The van der Waals surface area contributed by atoms with Gasteiger partial charge in [0.25, 0.3) is 0 Å². The Morgan fingerprint density at radius 2 is 1.88 bits per heavy atom. The number of methoxy groups -OCH3 is 1. The molecule has 2 atom stereocenters. The molecule has 25 heavy (non-hydrogen) atoms. The summed E-state index contributed by atoms with van der Waals surface area (Å²) in [6.45, 7) is 1.90. The predicted molar refractivity (Wildman–Crippen MR) is 99.4 cm³/mol. The van der Waals surface area contributed by atoms with Crippen molar-refractivity contribution in [1.82, 2.24) is 4.90 Å². The molecule has 1 fully saturated rings. The lowest BCUT2D eigenvalue weighted by molar-refractivity contribution is -0.123. The number of benzene rings is 2. The Kier molecular flexibility index (Phi) is 5.53. The van der Waals surface area contributed by atoms with Crippen molar-refractivity contribution in [2.45, 2.75) is 18.1 Å². The quantitative estimate of drug-likeness (QED) is 0.879. The van der Waals surface area contributed by atoms with Crippen molar-refractivity contribution in [3.63, 3.8) is 0 Å². The van der Waals surface area contributed by atoms with E-state index in [2.05, 4.69) is 11.0 Å². The molecule has 4 heteroatoms. The highest BCUT2D eigenvalue weighted by atomic mass is 16.5. The number of nitrogens with zero attached hydrogens (tertiary/aromatic N) is 1. The predicted octanol–water partition coefficient (Wildman–Crippen LogP) is 2.66. The zero-order valence-electron chi connectivity index (χ0n) is 14.5. The largest absolute Gasteiger partial charge is 0.496 e. The van der Waals surface area contributed by atoms with E-state index in [0.717, 1.165) is 30.0 Å². The van der Waals surface area contributed by atoms with E-state index >= 15 is 0 Å². The fraction of sp³-hybridized carbons (Fsp3) is 0.333. The van der Waals surface area contributed by atoms with E-state index in [-0.39, 0.29) is 0 Å². The number of rotatable bonds is 5. The molecule has 2 aromatic rings. The molecule has 1 aliphatic rings. The Morgan fingerprint density at radius 1 is 1.16 bits per heavy atom. The van der Waals surface area contributed by atoms with E-state index < -0.39 is 11.7 Å². The van der Waals surface area contributed by atoms with Gasteiger partial charge in [-0.1, -0.05) is 60.7 Å². The Labute approximate surface area is 149 Å². The highest BCUT2D eigenvalue weighted by Crippen LogP contribution is 2.33. The molecule has 1 aliphatic heterocycles. The minimum absolute atomic E-state index is 0.446. The Morgan fingerprint density at radius 3 is 2.60 bits per heavy atom. The third kappa shape index (κ3) is 3.93. The second-order valence-electron chi connectivity index (χ2n) is 6.46. The van der Waals surface area contributed by atoms with E-state index in [4.69, 9.17) is 4.74 Å². The van der Waals surface area contributed by atoms with Gasteiger partial charge in [0, 0.05) is 25.2 Å². The number of para-hydroxylation sites is 1. The van der Waals surface area contributed by atoms with Crippen molar-refractivity contribution >= 4 is 6.08 Å². The van der Waals surface area contributed by atoms with E-state index in [1.807, 2.05) is 60.7 Å². The van der Waals surface area contributed by atoms with E-state index in [9.17, 15) is 10.2 Å². The Bertz CT molecular complexity index is 716. The smallest absolute Gasteiger partial charge is 0.126 e. The average molecular weight is 339 g/mol. The van der Waals surface area contributed by atoms with Crippen LogP contribution in [-0.2, 0) is 5.60 Å². The van der Waals surface area contributed by atoms with Crippen molar-refractivity contribution in [2.24, 2.45) is 0 Å². The summed E-state index contributed by atoms with van der Waals surface area (Å²) in [6, 6.07) is 17.3. The Hall–Kier alpha value is -2.14. The molecule has 1 heterocycles. The summed E-state index contributed by atoms with van der Waals surface area (Å²) in [7, 11) is 1.66. The summed E-state index contributed by atoms with van der Waals surface area (Å²) in [5.74, 6) is 0.843. The number of hydrogen-bond donors (Lipinski definition) is 2. The summed E-state index contributed by atoms with van der Waals surface area (Å²) in [5, 5.41) is 21.4. The van der Waals surface area contributed by atoms with Gasteiger partial charge in [-0.05, 0) is 18.1 Å². The summed E-state index contributed by atoms with van der Waals surface area (Å²) >= 11 is 0. The first-order valence-electron chi connectivity index (χ1n) is 8.61. The van der Waals surface area contributed by atoms with Crippen LogP contribution in [0, 0.1) is 0 Å². The van der Waals surface area contributed by atoms with Gasteiger partial charge in [-0.3, -0.25) is 4.90 Å². The summed E-state index contributed by atoms with van der Waals surface area (Å²) < 4.78 is 5.34. The van der Waals surface area contributed by atoms with Crippen LogP contribution in [0.5, 0.6) is 5.75 Å². The lowest BCUT2D eigenvalue weighted by Crippen LogP contribution is -2.53. The van der Waals surface area contributed by atoms with Crippen LogP contribution in [0.25, 0.3) is 6.08 Å². The van der Waals surface area contributed by atoms with Gasteiger partial charge in [0.15, 0.2) is 0 Å². The average Bonchev–Trinajstić information content (AvgIpc) is 2.66. The van der Waals surface area contributed by atoms with Crippen LogP contribution in [0.4, 0.5) is 0 Å². The van der Waals surface area contributed by atoms with Crippen LogP contribution in [0.2, 0.25) is 0 Å². The molecule has 0 unspecified atom stereocenters. The number of β-amino-alcohol motifs (C(OH)–C–C–N with tert-alkyl or cyclic N) is 1. The molecule has 0 radical (unpaired) electrons. The molecule has 0 amide bonds. The number of aliphatic hydroxyl groups is 2. The Balaban J connectivity index is 1.61. The molecule has 0 spiro atoms. The molecule has 0 aromatic heterocycles. The van der Waals surface area contributed by atoms with Gasteiger partial charge >= 0.3 is 0 Å². The minimum Gasteiger partial charge on any atom is -0.496 e. The van der Waals surface area contributed by atoms with Crippen molar-refractivity contribution < 1.29 is 14.9 Å². The zero-order chi connectivity index (χ0) is 17.7. The van der Waals surface area contributed by atoms with Crippen LogP contribution in [0.1, 0.15) is 17.5 Å². The van der Waals surface area contributed by atoms with Crippen molar-refractivity contribution in [2.75, 3.05) is 26.7 Å². The van der Waals surface area contributed by atoms with Crippen molar-refractivity contribution in [1.29, 1.82) is 0 Å². The fourth-order valence-corrected chi connectivity index (χ4v) is 3.34. The first kappa shape index (κ1) is 17.7. The molecule has 0 bridgehead atoms. The van der Waals surface area contributed by atoms with Gasteiger partial charge in [0.1, 0.15) is 11.4 Å². The van der Waals surface area contributed by atoms with Gasteiger partial charge in [0.05, 0.1) is 13.2 Å². The van der Waals surface area contributed by atoms with Gasteiger partial charge < -0.3 is 14.9 Å². The van der Waals surface area contributed by atoms with Crippen LogP contribution >= 0.6 is 0 Å². The second kappa shape index (κ2) is 7.83. The number of hydrogen-bond acceptors (Lipinski definition) is 4. The first-order chi connectivity index (χ1) is 12.1. The maximum atomic E-state index is 10.9. The molecule has 0 saturated carbocycles. The third-order valence-electron chi connectivity index (χ3n) is 4.87. The topological polar surface area (TPSA) is 52.9 Å². The van der Waals surface area contributed by atoms with Crippen LogP contribution in [0.15, 0.2) is 60.7 Å². The van der Waals surface area contributed by atoms with E-state index in [1.54, 1.807) is 7.11 Å². The fourth-order valence-electron chi connectivity index (χ4n) is 3.34. The number of ether oxygens (including phenoxy) is 1. The number of piperidine rings is 1. The molecule has 3 rings (SSSR count). The van der Waals surface area contributed by atoms with Crippen molar-refractivity contribution in [3.8, 4) is 5.75 Å². The van der Waals surface area contributed by atoms with E-state index in [0.29, 0.717) is 13.0 Å². The first-order valence-corrected chi connectivity index (χ1v) is 8.61. The van der Waals surface area contributed by atoms with Gasteiger partial charge in [-0.2, -0.15) is 0 Å². The van der Waals surface area contributed by atoms with Crippen LogP contribution in [-0.4, -0.2) is 48.0 Å². The number of likely N-dealkylation sites (tertiary alicyclic amines) is 1. The van der Waals surface area contributed by atoms with Crippen LogP contribution < -0.4 is 4.74 Å². The van der Waals surface area contributed by atoms with Gasteiger partial charge in [-0.25, -0.2) is 0 Å².